The third-order valence-electron chi connectivity index (χ3n) is 4.51. The van der Waals surface area contributed by atoms with Gasteiger partial charge in [-0.05, 0) is 25.0 Å². The molecule has 0 spiro atoms. The second-order valence-electron chi connectivity index (χ2n) is 6.30. The summed E-state index contributed by atoms with van der Waals surface area (Å²) in [6, 6.07) is 7.35. The molecule has 0 unspecified atom stereocenters. The molecule has 2 N–H and O–H groups in total. The van der Waals surface area contributed by atoms with Gasteiger partial charge in [-0.1, -0.05) is 23.7 Å². The van der Waals surface area contributed by atoms with E-state index in [-0.39, 0.29) is 18.9 Å². The molecule has 0 saturated carbocycles. The second-order valence-corrected chi connectivity index (χ2v) is 7.60. The van der Waals surface area contributed by atoms with Crippen molar-refractivity contribution in [3.8, 4) is 10.6 Å². The summed E-state index contributed by atoms with van der Waals surface area (Å²) in [5, 5.41) is 15.6. The first-order valence-electron chi connectivity index (χ1n) is 8.27. The normalized spacial score (nSPS) is 16.2. The van der Waals surface area contributed by atoms with Gasteiger partial charge in [-0.2, -0.15) is 0 Å². The first-order chi connectivity index (χ1) is 12.5. The van der Waals surface area contributed by atoms with Gasteiger partial charge >= 0.3 is 5.97 Å². The standard InChI is InChI=1S/C18H19ClN2O4S/c19-13-3-1-12(2-4-13)16-21-14(10-26-16)9-15(22)20-11-18(17(23)24)5-7-25-8-6-18/h1-4,10H,5-9,11H2,(H,20,22)(H,23,24). The third-order valence-corrected chi connectivity index (χ3v) is 5.70. The van der Waals surface area contributed by atoms with E-state index in [1.807, 2.05) is 17.5 Å². The van der Waals surface area contributed by atoms with Crippen LogP contribution in [0.2, 0.25) is 5.02 Å². The molecule has 1 aromatic heterocycles. The lowest BCUT2D eigenvalue weighted by Crippen LogP contribution is -2.46. The van der Waals surface area contributed by atoms with Crippen molar-refractivity contribution >= 4 is 34.8 Å². The number of hydrogen-bond acceptors (Lipinski definition) is 5. The predicted molar refractivity (Wildman–Crippen MR) is 99.4 cm³/mol. The third kappa shape index (κ3) is 4.41. The van der Waals surface area contributed by atoms with E-state index >= 15 is 0 Å². The fraction of sp³-hybridized carbons (Fsp3) is 0.389. The Labute approximate surface area is 160 Å². The summed E-state index contributed by atoms with van der Waals surface area (Å²) >= 11 is 7.34. The molecular formula is C18H19ClN2O4S. The van der Waals surface area contributed by atoms with Crippen molar-refractivity contribution in [1.29, 1.82) is 0 Å². The first kappa shape index (κ1) is 18.8. The van der Waals surface area contributed by atoms with Crippen LogP contribution in [0.5, 0.6) is 0 Å². The Morgan fingerprint density at radius 3 is 2.62 bits per heavy atom. The molecule has 1 fully saturated rings. The maximum atomic E-state index is 12.2. The SMILES string of the molecule is O=C(Cc1csc(-c2ccc(Cl)cc2)n1)NCC1(C(=O)O)CCOCC1. The Balaban J connectivity index is 1.58. The largest absolute Gasteiger partial charge is 0.481 e. The van der Waals surface area contributed by atoms with Crippen LogP contribution in [0.25, 0.3) is 10.6 Å². The van der Waals surface area contributed by atoms with Crippen LogP contribution < -0.4 is 5.32 Å². The molecule has 2 heterocycles. The number of carboxylic acids is 1. The average molecular weight is 395 g/mol. The number of carboxylic acid groups (broad SMARTS) is 1. The number of rotatable bonds is 6. The number of halogens is 1. The highest BCUT2D eigenvalue weighted by molar-refractivity contribution is 7.13. The molecule has 3 rings (SSSR count). The monoisotopic (exact) mass is 394 g/mol. The van der Waals surface area contributed by atoms with Crippen LogP contribution in [-0.2, 0) is 20.7 Å². The summed E-state index contributed by atoms with van der Waals surface area (Å²) in [6.45, 7) is 0.913. The molecule has 8 heteroatoms. The number of aromatic nitrogens is 1. The Morgan fingerprint density at radius 1 is 1.27 bits per heavy atom. The van der Waals surface area contributed by atoms with Crippen LogP contribution in [0.4, 0.5) is 0 Å². The lowest BCUT2D eigenvalue weighted by Gasteiger charge is -2.33. The number of nitrogens with zero attached hydrogens (tertiary/aromatic N) is 1. The van der Waals surface area contributed by atoms with Crippen LogP contribution in [0.15, 0.2) is 29.6 Å². The van der Waals surface area contributed by atoms with Gasteiger partial charge in [0.2, 0.25) is 5.91 Å². The molecule has 0 aliphatic carbocycles. The number of nitrogens with one attached hydrogen (secondary N) is 1. The van der Waals surface area contributed by atoms with Gasteiger partial charge < -0.3 is 15.2 Å². The number of ether oxygens (including phenoxy) is 1. The summed E-state index contributed by atoms with van der Waals surface area (Å²) in [4.78, 5) is 28.3. The number of benzene rings is 1. The number of thiazole rings is 1. The van der Waals surface area contributed by atoms with Gasteiger partial charge in [0.15, 0.2) is 0 Å². The van der Waals surface area contributed by atoms with E-state index < -0.39 is 11.4 Å². The predicted octanol–water partition coefficient (Wildman–Crippen LogP) is 3.00. The molecule has 1 amide bonds. The number of aliphatic carboxylic acids is 1. The zero-order valence-corrected chi connectivity index (χ0v) is 15.6. The summed E-state index contributed by atoms with van der Waals surface area (Å²) in [7, 11) is 0. The minimum absolute atomic E-state index is 0.110. The summed E-state index contributed by atoms with van der Waals surface area (Å²) in [6.07, 6.45) is 0.927. The van der Waals surface area contributed by atoms with Crippen LogP contribution >= 0.6 is 22.9 Å². The molecule has 2 aromatic rings. The van der Waals surface area contributed by atoms with Gasteiger partial charge in [0, 0.05) is 35.7 Å². The van der Waals surface area contributed by atoms with Crippen molar-refractivity contribution in [1.82, 2.24) is 10.3 Å². The van der Waals surface area contributed by atoms with Gasteiger partial charge in [0.05, 0.1) is 17.5 Å². The van der Waals surface area contributed by atoms with Crippen molar-refractivity contribution in [2.75, 3.05) is 19.8 Å². The van der Waals surface area contributed by atoms with Crippen molar-refractivity contribution in [3.63, 3.8) is 0 Å². The lowest BCUT2D eigenvalue weighted by atomic mass is 9.80. The van der Waals surface area contributed by atoms with Gasteiger partial charge in [0.25, 0.3) is 0 Å². The number of hydrogen-bond donors (Lipinski definition) is 2. The Hall–Kier alpha value is -1.96. The molecule has 6 nitrogen and oxygen atoms in total. The van der Waals surface area contributed by atoms with Crippen molar-refractivity contribution in [2.24, 2.45) is 5.41 Å². The van der Waals surface area contributed by atoms with E-state index in [0.717, 1.165) is 10.6 Å². The van der Waals surface area contributed by atoms with E-state index in [1.54, 1.807) is 12.1 Å². The average Bonchev–Trinajstić information content (AvgIpc) is 3.09. The van der Waals surface area contributed by atoms with Crippen LogP contribution in [0, 0.1) is 5.41 Å². The number of carbonyl (C=O) groups excluding carboxylic acids is 1. The second kappa shape index (κ2) is 8.16. The molecule has 1 aliphatic rings. The first-order valence-corrected chi connectivity index (χ1v) is 9.52. The number of carbonyl (C=O) groups is 2. The van der Waals surface area contributed by atoms with E-state index in [1.165, 1.54) is 11.3 Å². The van der Waals surface area contributed by atoms with Gasteiger partial charge in [-0.25, -0.2) is 4.98 Å². The lowest BCUT2D eigenvalue weighted by molar-refractivity contribution is -0.154. The molecule has 1 saturated heterocycles. The minimum atomic E-state index is -0.940. The highest BCUT2D eigenvalue weighted by atomic mass is 35.5. The maximum absolute atomic E-state index is 12.2. The Morgan fingerprint density at radius 2 is 1.96 bits per heavy atom. The minimum Gasteiger partial charge on any atom is -0.481 e. The zero-order chi connectivity index (χ0) is 18.6. The topological polar surface area (TPSA) is 88.5 Å². The van der Waals surface area contributed by atoms with Crippen molar-refractivity contribution < 1.29 is 19.4 Å². The van der Waals surface area contributed by atoms with Crippen molar-refractivity contribution in [3.05, 3.63) is 40.4 Å². The van der Waals surface area contributed by atoms with E-state index in [4.69, 9.17) is 16.3 Å². The summed E-state index contributed by atoms with van der Waals surface area (Å²) < 4.78 is 5.24. The molecule has 1 aromatic carbocycles. The van der Waals surface area contributed by atoms with E-state index in [2.05, 4.69) is 10.3 Å². The quantitative estimate of drug-likeness (QED) is 0.786. The van der Waals surface area contributed by atoms with Crippen molar-refractivity contribution in [2.45, 2.75) is 19.3 Å². The maximum Gasteiger partial charge on any atom is 0.311 e. The smallest absolute Gasteiger partial charge is 0.311 e. The molecular weight excluding hydrogens is 376 g/mol. The van der Waals surface area contributed by atoms with Gasteiger partial charge in [0.1, 0.15) is 5.01 Å². The fourth-order valence-electron chi connectivity index (χ4n) is 2.84. The van der Waals surface area contributed by atoms with Crippen LogP contribution in [0.1, 0.15) is 18.5 Å². The van der Waals surface area contributed by atoms with E-state index in [9.17, 15) is 14.7 Å². The Kier molecular flexibility index (Phi) is 5.90. The Bertz CT molecular complexity index is 785. The molecule has 0 bridgehead atoms. The fourth-order valence-corrected chi connectivity index (χ4v) is 3.79. The molecule has 0 atom stereocenters. The van der Waals surface area contributed by atoms with Gasteiger partial charge in [-0.15, -0.1) is 11.3 Å². The highest BCUT2D eigenvalue weighted by Crippen LogP contribution is 2.30. The number of amides is 1. The summed E-state index contributed by atoms with van der Waals surface area (Å²) in [5.41, 5.74) is 0.664. The highest BCUT2D eigenvalue weighted by Gasteiger charge is 2.40. The van der Waals surface area contributed by atoms with Crippen LogP contribution in [-0.4, -0.2) is 41.7 Å². The molecule has 26 heavy (non-hydrogen) atoms. The molecule has 1 aliphatic heterocycles. The zero-order valence-electron chi connectivity index (χ0n) is 14.0. The van der Waals surface area contributed by atoms with Gasteiger partial charge in [-0.3, -0.25) is 9.59 Å². The molecule has 138 valence electrons. The van der Waals surface area contributed by atoms with Crippen LogP contribution in [0.3, 0.4) is 0 Å². The van der Waals surface area contributed by atoms with E-state index in [0.29, 0.717) is 36.8 Å². The molecule has 0 radical (unpaired) electrons. The summed E-state index contributed by atoms with van der Waals surface area (Å²) in [5.74, 6) is -1.12.